The van der Waals surface area contributed by atoms with Gasteiger partial charge in [0.1, 0.15) is 11.6 Å². The van der Waals surface area contributed by atoms with Gasteiger partial charge in [0.2, 0.25) is 5.95 Å². The fourth-order valence-electron chi connectivity index (χ4n) is 3.34. The van der Waals surface area contributed by atoms with E-state index in [0.29, 0.717) is 17.4 Å². The molecule has 0 amide bonds. The zero-order valence-electron chi connectivity index (χ0n) is 16.7. The smallest absolute Gasteiger partial charge is 0.223 e. The summed E-state index contributed by atoms with van der Waals surface area (Å²) in [5.74, 6) is 1.89. The average Bonchev–Trinajstić information content (AvgIpc) is 3.01. The molecule has 2 heterocycles. The van der Waals surface area contributed by atoms with E-state index in [1.54, 1.807) is 0 Å². The molecule has 6 nitrogen and oxygen atoms in total. The minimum atomic E-state index is 0.290. The van der Waals surface area contributed by atoms with Crippen LogP contribution in [0.2, 0.25) is 0 Å². The highest BCUT2D eigenvalue weighted by atomic mass is 15.2. The van der Waals surface area contributed by atoms with Gasteiger partial charge in [0, 0.05) is 38.3 Å². The van der Waals surface area contributed by atoms with Crippen LogP contribution in [0.3, 0.4) is 0 Å². The molecule has 0 saturated carbocycles. The second-order valence-corrected chi connectivity index (χ2v) is 8.58. The van der Waals surface area contributed by atoms with E-state index in [2.05, 4.69) is 76.6 Å². The second kappa shape index (κ2) is 8.57. The first-order valence-electron chi connectivity index (χ1n) is 9.79. The van der Waals surface area contributed by atoms with Gasteiger partial charge in [0.05, 0.1) is 0 Å². The maximum Gasteiger partial charge on any atom is 0.223 e. The van der Waals surface area contributed by atoms with Crippen molar-refractivity contribution in [1.82, 2.24) is 14.9 Å². The van der Waals surface area contributed by atoms with E-state index >= 15 is 0 Å². The quantitative estimate of drug-likeness (QED) is 0.693. The molecule has 0 bridgehead atoms. The molecule has 4 N–H and O–H groups in total. The van der Waals surface area contributed by atoms with Crippen LogP contribution in [-0.4, -0.2) is 40.5 Å². The number of hydrogen-bond donors (Lipinski definition) is 3. The molecule has 1 aromatic carbocycles. The van der Waals surface area contributed by atoms with Gasteiger partial charge in [0.25, 0.3) is 0 Å². The van der Waals surface area contributed by atoms with Crippen LogP contribution in [0.4, 0.5) is 17.6 Å². The predicted octanol–water partition coefficient (Wildman–Crippen LogP) is 3.59. The second-order valence-electron chi connectivity index (χ2n) is 8.58. The molecule has 27 heavy (non-hydrogen) atoms. The summed E-state index contributed by atoms with van der Waals surface area (Å²) in [6.45, 7) is 10.7. The third-order valence-corrected chi connectivity index (χ3v) is 4.80. The molecule has 146 valence electrons. The highest BCUT2D eigenvalue weighted by Gasteiger charge is 2.23. The topological polar surface area (TPSA) is 79.1 Å². The Morgan fingerprint density at radius 1 is 1.15 bits per heavy atom. The van der Waals surface area contributed by atoms with Gasteiger partial charge in [-0.15, -0.1) is 0 Å². The highest BCUT2D eigenvalue weighted by Crippen LogP contribution is 2.21. The minimum absolute atomic E-state index is 0.290. The summed E-state index contributed by atoms with van der Waals surface area (Å²) in [6, 6.07) is 13.0. The molecule has 0 spiro atoms. The van der Waals surface area contributed by atoms with Gasteiger partial charge in [0.15, 0.2) is 0 Å². The number of rotatable bonds is 7. The molecule has 0 unspecified atom stereocenters. The van der Waals surface area contributed by atoms with Crippen molar-refractivity contribution in [1.29, 1.82) is 0 Å². The number of benzene rings is 1. The first-order valence-corrected chi connectivity index (χ1v) is 9.79. The lowest BCUT2D eigenvalue weighted by atomic mass is 9.92. The Morgan fingerprint density at radius 3 is 2.63 bits per heavy atom. The molecule has 0 aliphatic carbocycles. The minimum Gasteiger partial charge on any atom is -0.370 e. The monoisotopic (exact) mass is 368 g/mol. The molecule has 0 radical (unpaired) electrons. The zero-order valence-corrected chi connectivity index (χ0v) is 16.7. The summed E-state index contributed by atoms with van der Waals surface area (Å²) in [6.07, 6.45) is 2.17. The van der Waals surface area contributed by atoms with Crippen LogP contribution in [0.1, 0.15) is 39.2 Å². The molecule has 1 aromatic heterocycles. The van der Waals surface area contributed by atoms with Gasteiger partial charge in [-0.2, -0.15) is 9.97 Å². The van der Waals surface area contributed by atoms with Crippen molar-refractivity contribution in [3.05, 3.63) is 42.0 Å². The number of aromatic nitrogens is 2. The summed E-state index contributed by atoms with van der Waals surface area (Å²) >= 11 is 0. The number of anilines is 3. The Kier molecular flexibility index (Phi) is 6.16. The van der Waals surface area contributed by atoms with E-state index in [9.17, 15) is 0 Å². The fraction of sp³-hybridized carbons (Fsp3) is 0.524. The molecule has 1 aliphatic heterocycles. The number of nitrogens with one attached hydrogen (secondary N) is 2. The van der Waals surface area contributed by atoms with Gasteiger partial charge >= 0.3 is 0 Å². The van der Waals surface area contributed by atoms with E-state index in [-0.39, 0.29) is 0 Å². The van der Waals surface area contributed by atoms with Crippen molar-refractivity contribution in [2.45, 2.75) is 46.2 Å². The van der Waals surface area contributed by atoms with Crippen LogP contribution < -0.4 is 16.4 Å². The van der Waals surface area contributed by atoms with Crippen molar-refractivity contribution < 1.29 is 0 Å². The zero-order chi connectivity index (χ0) is 19.3. The Morgan fingerprint density at radius 2 is 1.89 bits per heavy atom. The number of nitrogens with zero attached hydrogens (tertiary/aromatic N) is 3. The van der Waals surface area contributed by atoms with Crippen molar-refractivity contribution in [3.8, 4) is 0 Å². The first kappa shape index (κ1) is 19.4. The maximum absolute atomic E-state index is 5.91. The molecule has 2 aromatic rings. The molecule has 1 aliphatic rings. The molecular weight excluding hydrogens is 336 g/mol. The van der Waals surface area contributed by atoms with E-state index in [4.69, 9.17) is 5.73 Å². The Hall–Kier alpha value is -2.34. The van der Waals surface area contributed by atoms with Gasteiger partial charge in [-0.25, -0.2) is 0 Å². The maximum atomic E-state index is 5.91. The van der Waals surface area contributed by atoms with Crippen molar-refractivity contribution >= 4 is 17.6 Å². The number of hydrogen-bond acceptors (Lipinski definition) is 6. The fourth-order valence-corrected chi connectivity index (χ4v) is 3.34. The number of nitrogens with two attached hydrogens (primary N) is 1. The summed E-state index contributed by atoms with van der Waals surface area (Å²) in [5, 5.41) is 6.90. The van der Waals surface area contributed by atoms with Crippen molar-refractivity contribution in [2.24, 2.45) is 5.41 Å². The summed E-state index contributed by atoms with van der Waals surface area (Å²) in [5.41, 5.74) is 7.55. The van der Waals surface area contributed by atoms with Gasteiger partial charge in [-0.3, -0.25) is 4.90 Å². The van der Waals surface area contributed by atoms with Crippen LogP contribution in [-0.2, 0) is 6.54 Å². The molecule has 1 saturated heterocycles. The van der Waals surface area contributed by atoms with Crippen molar-refractivity contribution in [2.75, 3.05) is 36.0 Å². The molecule has 6 heteroatoms. The van der Waals surface area contributed by atoms with E-state index in [1.165, 1.54) is 5.56 Å². The van der Waals surface area contributed by atoms with Gasteiger partial charge in [-0.05, 0) is 23.8 Å². The third kappa shape index (κ3) is 6.40. The SMILES string of the molecule is CC(C)(C)CCNc1cc(N[C@H]2CCN(Cc3ccccc3)C2)nc(N)n1. The van der Waals surface area contributed by atoms with Gasteiger partial charge < -0.3 is 16.4 Å². The Bertz CT molecular complexity index is 725. The number of likely N-dealkylation sites (tertiary alicyclic amines) is 1. The van der Waals surface area contributed by atoms with Crippen LogP contribution in [0.5, 0.6) is 0 Å². The Labute approximate surface area is 162 Å². The highest BCUT2D eigenvalue weighted by molar-refractivity contribution is 5.51. The first-order chi connectivity index (χ1) is 12.9. The van der Waals surface area contributed by atoms with E-state index in [0.717, 1.165) is 50.7 Å². The lowest BCUT2D eigenvalue weighted by molar-refractivity contribution is 0.328. The number of nitrogen functional groups attached to an aromatic ring is 1. The van der Waals surface area contributed by atoms with Crippen LogP contribution in [0.25, 0.3) is 0 Å². The van der Waals surface area contributed by atoms with E-state index < -0.39 is 0 Å². The summed E-state index contributed by atoms with van der Waals surface area (Å²) in [4.78, 5) is 11.1. The lowest BCUT2D eigenvalue weighted by Crippen LogP contribution is -2.26. The summed E-state index contributed by atoms with van der Waals surface area (Å²) < 4.78 is 0. The average molecular weight is 369 g/mol. The lowest BCUT2D eigenvalue weighted by Gasteiger charge is -2.19. The van der Waals surface area contributed by atoms with Crippen molar-refractivity contribution in [3.63, 3.8) is 0 Å². The molecule has 3 rings (SSSR count). The standard InChI is InChI=1S/C21H32N6/c1-21(2,3)10-11-23-18-13-19(26-20(22)25-18)24-17-9-12-27(15-17)14-16-7-5-4-6-8-16/h4-8,13,17H,9-12,14-15H2,1-3H3,(H4,22,23,24,25,26)/t17-/m0/s1. The van der Waals surface area contributed by atoms with Crippen LogP contribution >= 0.6 is 0 Å². The normalized spacial score (nSPS) is 17.8. The Balaban J connectivity index is 1.53. The predicted molar refractivity (Wildman–Crippen MR) is 113 cm³/mol. The largest absolute Gasteiger partial charge is 0.370 e. The summed E-state index contributed by atoms with van der Waals surface area (Å²) in [7, 11) is 0. The van der Waals surface area contributed by atoms with Crippen LogP contribution in [0, 0.1) is 5.41 Å². The molecule has 1 atom stereocenters. The third-order valence-electron chi connectivity index (χ3n) is 4.80. The van der Waals surface area contributed by atoms with Crippen LogP contribution in [0.15, 0.2) is 36.4 Å². The molecule has 1 fully saturated rings. The molecular formula is C21H32N6. The van der Waals surface area contributed by atoms with Gasteiger partial charge in [-0.1, -0.05) is 51.1 Å². The van der Waals surface area contributed by atoms with E-state index in [1.807, 2.05) is 6.07 Å².